The standard InChI is InChI=1S/C18H16N2O3/c1-22-13-8-10-17(23-2)16(11-13)20-18(21)15-9-7-12-5-3-4-6-14(12)19-15/h3-11H,1-2H3,(H,20,21). The Balaban J connectivity index is 1.91. The molecule has 0 atom stereocenters. The highest BCUT2D eigenvalue weighted by atomic mass is 16.5. The molecule has 0 bridgehead atoms. The van der Waals surface area contributed by atoms with Gasteiger partial charge in [0.25, 0.3) is 5.91 Å². The number of para-hydroxylation sites is 1. The van der Waals surface area contributed by atoms with Crippen molar-refractivity contribution in [2.75, 3.05) is 19.5 Å². The first kappa shape index (κ1) is 14.8. The minimum Gasteiger partial charge on any atom is -0.497 e. The second-order valence-corrected chi connectivity index (χ2v) is 4.91. The number of ether oxygens (including phenoxy) is 2. The van der Waals surface area contributed by atoms with E-state index in [9.17, 15) is 4.79 Å². The molecule has 0 aliphatic carbocycles. The minimum atomic E-state index is -0.303. The molecule has 5 nitrogen and oxygen atoms in total. The molecule has 0 radical (unpaired) electrons. The van der Waals surface area contributed by atoms with Crippen LogP contribution in [0.2, 0.25) is 0 Å². The normalized spacial score (nSPS) is 10.3. The number of nitrogens with zero attached hydrogens (tertiary/aromatic N) is 1. The molecule has 1 amide bonds. The Morgan fingerprint density at radius 3 is 2.61 bits per heavy atom. The number of aromatic nitrogens is 1. The lowest BCUT2D eigenvalue weighted by atomic mass is 10.2. The molecule has 3 aromatic rings. The fourth-order valence-electron chi connectivity index (χ4n) is 2.29. The zero-order chi connectivity index (χ0) is 16.2. The Morgan fingerprint density at radius 1 is 1.00 bits per heavy atom. The van der Waals surface area contributed by atoms with Gasteiger partial charge in [-0.3, -0.25) is 4.79 Å². The van der Waals surface area contributed by atoms with Gasteiger partial charge in [-0.1, -0.05) is 24.3 Å². The molecule has 116 valence electrons. The summed E-state index contributed by atoms with van der Waals surface area (Å²) in [6.45, 7) is 0. The number of fused-ring (bicyclic) bond motifs is 1. The lowest BCUT2D eigenvalue weighted by Gasteiger charge is -2.11. The summed E-state index contributed by atoms with van der Waals surface area (Å²) in [6, 6.07) is 16.4. The van der Waals surface area contributed by atoms with Crippen LogP contribution in [0, 0.1) is 0 Å². The summed E-state index contributed by atoms with van der Waals surface area (Å²) >= 11 is 0. The minimum absolute atomic E-state index is 0.303. The van der Waals surface area contributed by atoms with Crippen molar-refractivity contribution in [3.05, 3.63) is 60.3 Å². The molecule has 0 unspecified atom stereocenters. The Morgan fingerprint density at radius 2 is 1.83 bits per heavy atom. The molecule has 5 heteroatoms. The van der Waals surface area contributed by atoms with Crippen molar-refractivity contribution >= 4 is 22.5 Å². The van der Waals surface area contributed by atoms with Crippen LogP contribution in [0.5, 0.6) is 11.5 Å². The summed E-state index contributed by atoms with van der Waals surface area (Å²) in [5.41, 5.74) is 1.65. The molecule has 3 rings (SSSR count). The van der Waals surface area contributed by atoms with E-state index < -0.39 is 0 Å². The Bertz CT molecular complexity index is 862. The van der Waals surface area contributed by atoms with E-state index in [0.29, 0.717) is 22.9 Å². The summed E-state index contributed by atoms with van der Waals surface area (Å²) in [5, 5.41) is 3.80. The van der Waals surface area contributed by atoms with Crippen LogP contribution in [-0.2, 0) is 0 Å². The second-order valence-electron chi connectivity index (χ2n) is 4.91. The lowest BCUT2D eigenvalue weighted by Crippen LogP contribution is -2.14. The highest BCUT2D eigenvalue weighted by Crippen LogP contribution is 2.29. The van der Waals surface area contributed by atoms with Gasteiger partial charge in [0.15, 0.2) is 0 Å². The van der Waals surface area contributed by atoms with E-state index in [1.165, 1.54) is 0 Å². The van der Waals surface area contributed by atoms with Crippen molar-refractivity contribution in [3.8, 4) is 11.5 Å². The van der Waals surface area contributed by atoms with Gasteiger partial charge < -0.3 is 14.8 Å². The van der Waals surface area contributed by atoms with Crippen LogP contribution in [0.4, 0.5) is 5.69 Å². The Kier molecular flexibility index (Phi) is 4.10. The molecule has 1 N–H and O–H groups in total. The Hall–Kier alpha value is -3.08. The number of methoxy groups -OCH3 is 2. The van der Waals surface area contributed by atoms with E-state index in [4.69, 9.17) is 9.47 Å². The molecule has 0 saturated heterocycles. The van der Waals surface area contributed by atoms with Gasteiger partial charge in [-0.15, -0.1) is 0 Å². The number of carbonyl (C=O) groups is 1. The van der Waals surface area contributed by atoms with Gasteiger partial charge in [-0.05, 0) is 24.3 Å². The first-order valence-corrected chi connectivity index (χ1v) is 7.10. The number of nitrogens with one attached hydrogen (secondary N) is 1. The topological polar surface area (TPSA) is 60.5 Å². The van der Waals surface area contributed by atoms with E-state index in [-0.39, 0.29) is 5.91 Å². The lowest BCUT2D eigenvalue weighted by molar-refractivity contribution is 0.102. The molecule has 0 spiro atoms. The molecule has 2 aromatic carbocycles. The van der Waals surface area contributed by atoms with Crippen LogP contribution in [-0.4, -0.2) is 25.1 Å². The zero-order valence-electron chi connectivity index (χ0n) is 12.9. The predicted octanol–water partition coefficient (Wildman–Crippen LogP) is 3.50. The average Bonchev–Trinajstić information content (AvgIpc) is 2.61. The number of benzene rings is 2. The number of anilines is 1. The van der Waals surface area contributed by atoms with E-state index in [0.717, 1.165) is 10.9 Å². The van der Waals surface area contributed by atoms with Crippen LogP contribution in [0.1, 0.15) is 10.5 Å². The van der Waals surface area contributed by atoms with Gasteiger partial charge in [0.05, 0.1) is 25.4 Å². The number of rotatable bonds is 4. The van der Waals surface area contributed by atoms with Gasteiger partial charge in [-0.25, -0.2) is 4.98 Å². The largest absolute Gasteiger partial charge is 0.497 e. The number of carbonyl (C=O) groups excluding carboxylic acids is 1. The number of hydrogen-bond acceptors (Lipinski definition) is 4. The molecule has 0 fully saturated rings. The fraction of sp³-hybridized carbons (Fsp3) is 0.111. The first-order valence-electron chi connectivity index (χ1n) is 7.10. The fourth-order valence-corrected chi connectivity index (χ4v) is 2.29. The number of hydrogen-bond donors (Lipinski definition) is 1. The number of pyridine rings is 1. The third kappa shape index (κ3) is 3.08. The molecular formula is C18H16N2O3. The summed E-state index contributed by atoms with van der Waals surface area (Å²) in [7, 11) is 3.12. The Labute approximate surface area is 133 Å². The summed E-state index contributed by atoms with van der Waals surface area (Å²) < 4.78 is 10.4. The molecular weight excluding hydrogens is 292 g/mol. The van der Waals surface area contributed by atoms with Gasteiger partial charge >= 0.3 is 0 Å². The maximum atomic E-state index is 12.5. The van der Waals surface area contributed by atoms with Crippen LogP contribution < -0.4 is 14.8 Å². The van der Waals surface area contributed by atoms with Gasteiger partial charge in [0, 0.05) is 11.5 Å². The summed E-state index contributed by atoms with van der Waals surface area (Å²) in [6.07, 6.45) is 0. The molecule has 1 heterocycles. The third-order valence-electron chi connectivity index (χ3n) is 3.49. The first-order chi connectivity index (χ1) is 11.2. The van der Waals surface area contributed by atoms with Crippen molar-refractivity contribution in [2.45, 2.75) is 0 Å². The smallest absolute Gasteiger partial charge is 0.274 e. The van der Waals surface area contributed by atoms with Crippen molar-refractivity contribution in [1.29, 1.82) is 0 Å². The quantitative estimate of drug-likeness (QED) is 0.801. The monoisotopic (exact) mass is 308 g/mol. The second kappa shape index (κ2) is 6.36. The molecule has 0 aliphatic heterocycles. The van der Waals surface area contributed by atoms with E-state index in [1.54, 1.807) is 38.5 Å². The van der Waals surface area contributed by atoms with Crippen molar-refractivity contribution in [2.24, 2.45) is 0 Å². The molecule has 23 heavy (non-hydrogen) atoms. The van der Waals surface area contributed by atoms with Crippen molar-refractivity contribution < 1.29 is 14.3 Å². The highest BCUT2D eigenvalue weighted by molar-refractivity contribution is 6.04. The number of amides is 1. The van der Waals surface area contributed by atoms with E-state index >= 15 is 0 Å². The average molecular weight is 308 g/mol. The third-order valence-corrected chi connectivity index (χ3v) is 3.49. The van der Waals surface area contributed by atoms with Crippen molar-refractivity contribution in [3.63, 3.8) is 0 Å². The van der Waals surface area contributed by atoms with Crippen LogP contribution >= 0.6 is 0 Å². The van der Waals surface area contributed by atoms with Gasteiger partial charge in [0.1, 0.15) is 17.2 Å². The maximum Gasteiger partial charge on any atom is 0.274 e. The SMILES string of the molecule is COc1ccc(OC)c(NC(=O)c2ccc3ccccc3n2)c1. The molecule has 1 aromatic heterocycles. The van der Waals surface area contributed by atoms with Crippen LogP contribution in [0.25, 0.3) is 10.9 Å². The van der Waals surface area contributed by atoms with E-state index in [2.05, 4.69) is 10.3 Å². The van der Waals surface area contributed by atoms with Crippen molar-refractivity contribution in [1.82, 2.24) is 4.98 Å². The van der Waals surface area contributed by atoms with Gasteiger partial charge in [0.2, 0.25) is 0 Å². The van der Waals surface area contributed by atoms with Gasteiger partial charge in [-0.2, -0.15) is 0 Å². The highest BCUT2D eigenvalue weighted by Gasteiger charge is 2.12. The van der Waals surface area contributed by atoms with E-state index in [1.807, 2.05) is 30.3 Å². The zero-order valence-corrected chi connectivity index (χ0v) is 12.9. The molecule has 0 saturated carbocycles. The summed E-state index contributed by atoms with van der Waals surface area (Å²) in [5.74, 6) is 0.884. The predicted molar refractivity (Wildman–Crippen MR) is 89.2 cm³/mol. The maximum absolute atomic E-state index is 12.5. The molecule has 0 aliphatic rings. The summed E-state index contributed by atoms with van der Waals surface area (Å²) in [4.78, 5) is 16.8. The van der Waals surface area contributed by atoms with Crippen LogP contribution in [0.15, 0.2) is 54.6 Å². The van der Waals surface area contributed by atoms with Crippen LogP contribution in [0.3, 0.4) is 0 Å².